The van der Waals surface area contributed by atoms with Gasteiger partial charge in [0.15, 0.2) is 0 Å². The molecule has 2 N–H and O–H groups in total. The van der Waals surface area contributed by atoms with Crippen LogP contribution < -0.4 is 0 Å². The number of carboxylic acids is 1. The van der Waals surface area contributed by atoms with Crippen LogP contribution in [0.15, 0.2) is 12.2 Å². The molecule has 0 saturated heterocycles. The third kappa shape index (κ3) is 17.5. The highest BCUT2D eigenvalue weighted by Gasteiger charge is 2.12. The van der Waals surface area contributed by atoms with E-state index >= 15 is 0 Å². The van der Waals surface area contributed by atoms with Crippen molar-refractivity contribution in [3.05, 3.63) is 12.2 Å². The van der Waals surface area contributed by atoms with Gasteiger partial charge in [0, 0.05) is 0 Å². The summed E-state index contributed by atoms with van der Waals surface area (Å²) in [6.45, 7) is 2.41. The lowest BCUT2D eigenvalue weighted by Crippen LogP contribution is -2.19. The van der Waals surface area contributed by atoms with E-state index in [1.165, 1.54) is 44.9 Å². The summed E-state index contributed by atoms with van der Waals surface area (Å²) in [6.07, 6.45) is 18.7. The average molecular weight is 343 g/mol. The molecule has 4 heteroatoms. The molecule has 142 valence electrons. The molecule has 0 saturated carbocycles. The van der Waals surface area contributed by atoms with Crippen LogP contribution >= 0.6 is 0 Å². The molecule has 0 aliphatic rings. The van der Waals surface area contributed by atoms with E-state index in [0.29, 0.717) is 0 Å². The lowest BCUT2D eigenvalue weighted by atomic mass is 10.1. The Bertz CT molecular complexity index is 302. The Balaban J connectivity index is 3.46. The van der Waals surface area contributed by atoms with Crippen molar-refractivity contribution >= 4 is 5.97 Å². The maximum absolute atomic E-state index is 10.8. The second-order valence-electron chi connectivity index (χ2n) is 6.48. The Hall–Kier alpha value is -0.870. The number of aliphatic carboxylic acids is 1. The molecule has 0 aromatic carbocycles. The zero-order valence-corrected chi connectivity index (χ0v) is 15.5. The first-order chi connectivity index (χ1) is 11.7. The first-order valence-corrected chi connectivity index (χ1v) is 9.80. The van der Waals surface area contributed by atoms with Gasteiger partial charge in [-0.1, -0.05) is 64.0 Å². The molecule has 0 rings (SSSR count). The number of hydrogen-bond acceptors (Lipinski definition) is 3. The fourth-order valence-corrected chi connectivity index (χ4v) is 2.75. The van der Waals surface area contributed by atoms with E-state index in [4.69, 9.17) is 14.9 Å². The van der Waals surface area contributed by atoms with Crippen molar-refractivity contribution < 1.29 is 19.7 Å². The summed E-state index contributed by atoms with van der Waals surface area (Å²) in [5.74, 6) is -0.837. The summed E-state index contributed by atoms with van der Waals surface area (Å²) in [7, 11) is 0. The smallest absolute Gasteiger partial charge is 0.305 e. The molecule has 0 aliphatic carbocycles. The zero-order valence-electron chi connectivity index (χ0n) is 15.5. The molecule has 4 nitrogen and oxygen atoms in total. The Labute approximate surface area is 148 Å². The van der Waals surface area contributed by atoms with Crippen LogP contribution in [0.4, 0.5) is 0 Å². The summed E-state index contributed by atoms with van der Waals surface area (Å²) in [5, 5.41) is 17.6. The Morgan fingerprint density at radius 2 is 1.54 bits per heavy atom. The fourth-order valence-electron chi connectivity index (χ4n) is 2.75. The molecule has 0 radical (unpaired) electrons. The molecule has 24 heavy (non-hydrogen) atoms. The van der Waals surface area contributed by atoms with Gasteiger partial charge in [0.1, 0.15) is 0 Å². The second-order valence-corrected chi connectivity index (χ2v) is 6.48. The Morgan fingerprint density at radius 3 is 2.12 bits per heavy atom. The van der Waals surface area contributed by atoms with E-state index in [1.807, 2.05) is 0 Å². The molecular formula is C20H38O4. The van der Waals surface area contributed by atoms with Crippen molar-refractivity contribution in [1.29, 1.82) is 0 Å². The highest BCUT2D eigenvalue weighted by molar-refractivity contribution is 5.67. The van der Waals surface area contributed by atoms with Crippen molar-refractivity contribution in [2.75, 3.05) is 13.2 Å². The van der Waals surface area contributed by atoms with E-state index in [2.05, 4.69) is 19.1 Å². The summed E-state index contributed by atoms with van der Waals surface area (Å²) in [5.41, 5.74) is 0. The topological polar surface area (TPSA) is 66.8 Å². The van der Waals surface area contributed by atoms with Gasteiger partial charge < -0.3 is 14.9 Å². The van der Waals surface area contributed by atoms with Crippen LogP contribution in [0.2, 0.25) is 0 Å². The summed E-state index contributed by atoms with van der Waals surface area (Å²) >= 11 is 0. The van der Waals surface area contributed by atoms with Gasteiger partial charge in [-0.2, -0.15) is 0 Å². The summed E-state index contributed by atoms with van der Waals surface area (Å²) in [4.78, 5) is 10.8. The van der Waals surface area contributed by atoms with Crippen molar-refractivity contribution in [3.63, 3.8) is 0 Å². The molecular weight excluding hydrogens is 304 g/mol. The number of unbranched alkanes of at least 4 members (excludes halogenated alkanes) is 9. The van der Waals surface area contributed by atoms with Crippen LogP contribution in [0.1, 0.15) is 90.4 Å². The van der Waals surface area contributed by atoms with E-state index in [9.17, 15) is 4.79 Å². The van der Waals surface area contributed by atoms with Crippen molar-refractivity contribution in [1.82, 2.24) is 0 Å². The number of aliphatic hydroxyl groups excluding tert-OH is 1. The molecule has 0 spiro atoms. The number of rotatable bonds is 18. The number of carboxylic acid groups (broad SMARTS) is 1. The molecule has 0 amide bonds. The first kappa shape index (κ1) is 23.1. The fraction of sp³-hybridized carbons (Fsp3) is 0.850. The predicted octanol–water partition coefficient (Wildman–Crippen LogP) is 5.10. The largest absolute Gasteiger partial charge is 0.481 e. The number of allylic oxidation sites excluding steroid dienone is 2. The Kier molecular flexibility index (Phi) is 17.8. The Morgan fingerprint density at radius 1 is 0.958 bits per heavy atom. The minimum atomic E-state index is -0.837. The van der Waals surface area contributed by atoms with Crippen molar-refractivity contribution in [2.24, 2.45) is 0 Å². The van der Waals surface area contributed by atoms with Gasteiger partial charge >= 0.3 is 5.97 Å². The van der Waals surface area contributed by atoms with Crippen LogP contribution in [0, 0.1) is 0 Å². The predicted molar refractivity (Wildman–Crippen MR) is 99.3 cm³/mol. The second kappa shape index (κ2) is 18.5. The molecule has 1 unspecified atom stereocenters. The van der Waals surface area contributed by atoms with Crippen LogP contribution in [-0.2, 0) is 9.53 Å². The lowest BCUT2D eigenvalue weighted by molar-refractivity contribution is -0.140. The maximum Gasteiger partial charge on any atom is 0.305 e. The maximum atomic E-state index is 10.8. The minimum absolute atomic E-state index is 0.0260. The molecule has 0 aliphatic heterocycles. The molecule has 0 aromatic rings. The number of ether oxygens (including phenoxy) is 1. The van der Waals surface area contributed by atoms with Crippen molar-refractivity contribution in [3.8, 4) is 0 Å². The monoisotopic (exact) mass is 342 g/mol. The van der Waals surface area contributed by atoms with E-state index in [-0.39, 0.29) is 25.7 Å². The number of aliphatic hydroxyl groups is 1. The minimum Gasteiger partial charge on any atom is -0.481 e. The summed E-state index contributed by atoms with van der Waals surface area (Å²) in [6, 6.07) is 0. The molecule has 0 bridgehead atoms. The van der Waals surface area contributed by atoms with Crippen LogP contribution in [-0.4, -0.2) is 35.5 Å². The standard InChI is InChI=1S/C20H38O4/c1-2-3-4-5-6-7-8-9-10-11-12-13-14-15-19(18-20(22)23)24-17-16-21/h9-10,19,21H,2-8,11-18H2,1H3,(H,22,23)/b10-9-. The average Bonchev–Trinajstić information content (AvgIpc) is 2.56. The van der Waals surface area contributed by atoms with Gasteiger partial charge in [0.25, 0.3) is 0 Å². The zero-order chi connectivity index (χ0) is 17.9. The van der Waals surface area contributed by atoms with Crippen LogP contribution in [0.5, 0.6) is 0 Å². The van der Waals surface area contributed by atoms with E-state index < -0.39 is 5.97 Å². The van der Waals surface area contributed by atoms with Gasteiger partial charge in [-0.15, -0.1) is 0 Å². The molecule has 0 fully saturated rings. The quantitative estimate of drug-likeness (QED) is 0.269. The van der Waals surface area contributed by atoms with Gasteiger partial charge in [-0.05, 0) is 32.1 Å². The van der Waals surface area contributed by atoms with Crippen LogP contribution in [0.25, 0.3) is 0 Å². The van der Waals surface area contributed by atoms with Gasteiger partial charge in [-0.25, -0.2) is 0 Å². The van der Waals surface area contributed by atoms with E-state index in [0.717, 1.165) is 32.1 Å². The molecule has 0 aromatic heterocycles. The number of carbonyl (C=O) groups is 1. The van der Waals surface area contributed by atoms with Gasteiger partial charge in [-0.3, -0.25) is 4.79 Å². The first-order valence-electron chi connectivity index (χ1n) is 9.80. The highest BCUT2D eigenvalue weighted by atomic mass is 16.5. The van der Waals surface area contributed by atoms with Gasteiger partial charge in [0.05, 0.1) is 25.7 Å². The highest BCUT2D eigenvalue weighted by Crippen LogP contribution is 2.12. The summed E-state index contributed by atoms with van der Waals surface area (Å²) < 4.78 is 5.36. The van der Waals surface area contributed by atoms with E-state index in [1.54, 1.807) is 0 Å². The SMILES string of the molecule is CCCCCCCC/C=C\CCCCCC(CC(=O)O)OCCO. The third-order valence-corrected chi connectivity index (χ3v) is 4.14. The molecule has 0 heterocycles. The number of hydrogen-bond donors (Lipinski definition) is 2. The third-order valence-electron chi connectivity index (χ3n) is 4.14. The normalized spacial score (nSPS) is 12.8. The van der Waals surface area contributed by atoms with Crippen LogP contribution in [0.3, 0.4) is 0 Å². The van der Waals surface area contributed by atoms with Crippen molar-refractivity contribution in [2.45, 2.75) is 96.5 Å². The molecule has 1 atom stereocenters. The van der Waals surface area contributed by atoms with Gasteiger partial charge in [0.2, 0.25) is 0 Å². The lowest BCUT2D eigenvalue weighted by Gasteiger charge is -2.15.